The highest BCUT2D eigenvalue weighted by molar-refractivity contribution is 7.15. The summed E-state index contributed by atoms with van der Waals surface area (Å²) in [5.74, 6) is -1.66. The zero-order valence-corrected chi connectivity index (χ0v) is 16.1. The van der Waals surface area contributed by atoms with Gasteiger partial charge in [0.05, 0.1) is 11.6 Å². The topological polar surface area (TPSA) is 83.4 Å². The normalized spacial score (nSPS) is 18.6. The van der Waals surface area contributed by atoms with Crippen molar-refractivity contribution in [1.29, 1.82) is 0 Å². The first-order chi connectivity index (χ1) is 13.5. The Hall–Kier alpha value is -3.32. The molecule has 0 spiro atoms. The van der Waals surface area contributed by atoms with E-state index in [1.54, 1.807) is 31.2 Å². The number of benzene rings is 2. The van der Waals surface area contributed by atoms with Crippen molar-refractivity contribution in [2.75, 3.05) is 4.90 Å². The minimum Gasteiger partial charge on any atom is -0.507 e. The molecule has 1 aromatic heterocycles. The van der Waals surface area contributed by atoms with Crippen molar-refractivity contribution in [3.8, 4) is 0 Å². The van der Waals surface area contributed by atoms with E-state index in [0.717, 1.165) is 11.1 Å². The third kappa shape index (κ3) is 2.99. The Morgan fingerprint density at radius 1 is 1.00 bits per heavy atom. The molecule has 1 aliphatic heterocycles. The Morgan fingerprint density at radius 3 is 2.29 bits per heavy atom. The summed E-state index contributed by atoms with van der Waals surface area (Å²) in [4.78, 5) is 27.1. The molecule has 140 valence electrons. The number of carbonyl (C=O) groups excluding carboxylic acids is 2. The third-order valence-corrected chi connectivity index (χ3v) is 5.44. The number of hydrogen-bond donors (Lipinski definition) is 1. The van der Waals surface area contributed by atoms with Gasteiger partial charge >= 0.3 is 5.91 Å². The average molecular weight is 391 g/mol. The van der Waals surface area contributed by atoms with E-state index in [2.05, 4.69) is 10.2 Å². The Morgan fingerprint density at radius 2 is 1.68 bits per heavy atom. The largest absolute Gasteiger partial charge is 0.507 e. The maximum Gasteiger partial charge on any atom is 0.301 e. The lowest BCUT2D eigenvalue weighted by Crippen LogP contribution is -2.29. The summed E-state index contributed by atoms with van der Waals surface area (Å²) in [6.07, 6.45) is 0. The molecule has 0 aliphatic carbocycles. The molecule has 0 unspecified atom stereocenters. The predicted octanol–water partition coefficient (Wildman–Crippen LogP) is 3.78. The number of hydrogen-bond acceptors (Lipinski definition) is 6. The maximum atomic E-state index is 12.9. The lowest BCUT2D eigenvalue weighted by atomic mass is 9.95. The molecular weight excluding hydrogens is 374 g/mol. The third-order valence-electron chi connectivity index (χ3n) is 4.61. The standard InChI is InChI=1S/C21H17N3O3S/c1-12-8-10-14(11-9-12)17-16(18(25)15-6-4-3-5-7-15)19(26)20(27)24(17)21-23-22-13(2)28-21/h3-11,17,25H,1-2H3/b18-16+/t17-/m1/s1. The zero-order valence-electron chi connectivity index (χ0n) is 15.3. The van der Waals surface area contributed by atoms with Crippen molar-refractivity contribution < 1.29 is 14.7 Å². The molecule has 3 aromatic rings. The maximum absolute atomic E-state index is 12.9. The quantitative estimate of drug-likeness (QED) is 0.417. The van der Waals surface area contributed by atoms with E-state index in [9.17, 15) is 14.7 Å². The lowest BCUT2D eigenvalue weighted by Gasteiger charge is -2.22. The van der Waals surface area contributed by atoms with Gasteiger partial charge in [-0.25, -0.2) is 0 Å². The monoisotopic (exact) mass is 391 g/mol. The van der Waals surface area contributed by atoms with Crippen molar-refractivity contribution in [3.05, 3.63) is 81.9 Å². The zero-order chi connectivity index (χ0) is 19.8. The predicted molar refractivity (Wildman–Crippen MR) is 107 cm³/mol. The molecule has 0 radical (unpaired) electrons. The summed E-state index contributed by atoms with van der Waals surface area (Å²) in [6.45, 7) is 3.74. The SMILES string of the molecule is Cc1ccc([C@@H]2/C(=C(\O)c3ccccc3)C(=O)C(=O)N2c2nnc(C)s2)cc1. The van der Waals surface area contributed by atoms with Gasteiger partial charge in [-0.15, -0.1) is 10.2 Å². The van der Waals surface area contributed by atoms with E-state index in [0.29, 0.717) is 15.7 Å². The molecular formula is C21H17N3O3S. The van der Waals surface area contributed by atoms with E-state index in [1.165, 1.54) is 16.2 Å². The fourth-order valence-corrected chi connectivity index (χ4v) is 3.94. The van der Waals surface area contributed by atoms with Gasteiger partial charge in [0.15, 0.2) is 0 Å². The number of amides is 1. The number of aryl methyl sites for hydroxylation is 2. The van der Waals surface area contributed by atoms with Gasteiger partial charge in [-0.3, -0.25) is 14.5 Å². The van der Waals surface area contributed by atoms with E-state index >= 15 is 0 Å². The second-order valence-corrected chi connectivity index (χ2v) is 7.71. The van der Waals surface area contributed by atoms with Crippen molar-refractivity contribution >= 4 is 33.9 Å². The van der Waals surface area contributed by atoms with Crippen LogP contribution in [0.25, 0.3) is 5.76 Å². The molecule has 1 fully saturated rings. The van der Waals surface area contributed by atoms with Crippen LogP contribution in [0.2, 0.25) is 0 Å². The van der Waals surface area contributed by atoms with Gasteiger partial charge in [0, 0.05) is 5.56 Å². The first-order valence-corrected chi connectivity index (χ1v) is 9.52. The molecule has 1 amide bonds. The van der Waals surface area contributed by atoms with Crippen LogP contribution in [0.15, 0.2) is 60.2 Å². The Bertz CT molecular complexity index is 1090. The number of ketones is 1. The number of Topliss-reactive ketones (excluding diaryl/α,β-unsaturated/α-hetero) is 1. The first-order valence-electron chi connectivity index (χ1n) is 8.70. The molecule has 1 atom stereocenters. The van der Waals surface area contributed by atoms with Crippen LogP contribution < -0.4 is 4.90 Å². The lowest BCUT2D eigenvalue weighted by molar-refractivity contribution is -0.132. The molecule has 2 aromatic carbocycles. The molecule has 1 saturated heterocycles. The highest BCUT2D eigenvalue weighted by Gasteiger charge is 2.48. The fraction of sp³-hybridized carbons (Fsp3) is 0.143. The van der Waals surface area contributed by atoms with Crippen LogP contribution >= 0.6 is 11.3 Å². The molecule has 7 heteroatoms. The number of aromatic nitrogens is 2. The van der Waals surface area contributed by atoms with Crippen molar-refractivity contribution in [3.63, 3.8) is 0 Å². The molecule has 4 rings (SSSR count). The second kappa shape index (κ2) is 7.01. The smallest absolute Gasteiger partial charge is 0.301 e. The minimum absolute atomic E-state index is 0.0490. The Balaban J connectivity index is 1.94. The second-order valence-electron chi connectivity index (χ2n) is 6.55. The highest BCUT2D eigenvalue weighted by atomic mass is 32.1. The molecule has 2 heterocycles. The summed E-state index contributed by atoms with van der Waals surface area (Å²) in [5, 5.41) is 20.0. The summed E-state index contributed by atoms with van der Waals surface area (Å²) < 4.78 is 0. The molecule has 6 nitrogen and oxygen atoms in total. The van der Waals surface area contributed by atoms with Gasteiger partial charge in [-0.05, 0) is 19.4 Å². The summed E-state index contributed by atoms with van der Waals surface area (Å²) in [5.41, 5.74) is 2.30. The van der Waals surface area contributed by atoms with Crippen LogP contribution in [0, 0.1) is 13.8 Å². The van der Waals surface area contributed by atoms with Crippen LogP contribution in [-0.4, -0.2) is 27.0 Å². The van der Waals surface area contributed by atoms with Crippen molar-refractivity contribution in [1.82, 2.24) is 10.2 Å². The highest BCUT2D eigenvalue weighted by Crippen LogP contribution is 2.42. The van der Waals surface area contributed by atoms with Crippen molar-refractivity contribution in [2.45, 2.75) is 19.9 Å². The van der Waals surface area contributed by atoms with Gasteiger partial charge in [-0.1, -0.05) is 71.5 Å². The number of rotatable bonds is 3. The Labute approximate surface area is 165 Å². The number of anilines is 1. The van der Waals surface area contributed by atoms with Gasteiger partial charge in [0.25, 0.3) is 5.78 Å². The average Bonchev–Trinajstić information content (AvgIpc) is 3.24. The molecule has 28 heavy (non-hydrogen) atoms. The van der Waals surface area contributed by atoms with E-state index in [-0.39, 0.29) is 11.3 Å². The number of carbonyl (C=O) groups is 2. The van der Waals surface area contributed by atoms with E-state index in [1.807, 2.05) is 37.3 Å². The van der Waals surface area contributed by atoms with Crippen LogP contribution in [0.1, 0.15) is 27.7 Å². The first kappa shape index (κ1) is 18.1. The van der Waals surface area contributed by atoms with Gasteiger partial charge in [-0.2, -0.15) is 0 Å². The molecule has 1 N–H and O–H groups in total. The number of aliphatic hydroxyl groups is 1. The fourth-order valence-electron chi connectivity index (χ4n) is 3.23. The molecule has 1 aliphatic rings. The number of aliphatic hydroxyl groups excluding tert-OH is 1. The van der Waals surface area contributed by atoms with Gasteiger partial charge in [0.1, 0.15) is 10.8 Å². The van der Waals surface area contributed by atoms with E-state index < -0.39 is 17.7 Å². The van der Waals surface area contributed by atoms with Gasteiger partial charge in [0.2, 0.25) is 5.13 Å². The molecule has 0 saturated carbocycles. The van der Waals surface area contributed by atoms with Crippen molar-refractivity contribution in [2.24, 2.45) is 0 Å². The van der Waals surface area contributed by atoms with Crippen LogP contribution in [0.4, 0.5) is 5.13 Å². The van der Waals surface area contributed by atoms with Crippen LogP contribution in [0.3, 0.4) is 0 Å². The summed E-state index contributed by atoms with van der Waals surface area (Å²) in [7, 11) is 0. The summed E-state index contributed by atoms with van der Waals surface area (Å²) in [6, 6.07) is 15.5. The van der Waals surface area contributed by atoms with Crippen LogP contribution in [0.5, 0.6) is 0 Å². The number of nitrogens with zero attached hydrogens (tertiary/aromatic N) is 3. The summed E-state index contributed by atoms with van der Waals surface area (Å²) >= 11 is 1.23. The van der Waals surface area contributed by atoms with E-state index in [4.69, 9.17) is 0 Å². The van der Waals surface area contributed by atoms with Gasteiger partial charge < -0.3 is 5.11 Å². The van der Waals surface area contributed by atoms with Crippen LogP contribution in [-0.2, 0) is 9.59 Å². The molecule has 0 bridgehead atoms. The minimum atomic E-state index is -0.770. The Kier molecular flexibility index (Phi) is 4.52.